The Morgan fingerprint density at radius 3 is 2.67 bits per heavy atom. The van der Waals surface area contributed by atoms with Crippen LogP contribution in [0.4, 0.5) is 4.39 Å². The van der Waals surface area contributed by atoms with Gasteiger partial charge in [0.2, 0.25) is 6.79 Å². The second-order valence-electron chi connectivity index (χ2n) is 4.40. The lowest BCUT2D eigenvalue weighted by molar-refractivity contribution is 0.104. The molecule has 0 bridgehead atoms. The van der Waals surface area contributed by atoms with Gasteiger partial charge in [0.1, 0.15) is 5.82 Å². The molecule has 0 radical (unpaired) electrons. The maximum atomic E-state index is 13.5. The van der Waals surface area contributed by atoms with Gasteiger partial charge in [-0.05, 0) is 42.0 Å². The fourth-order valence-electron chi connectivity index (χ4n) is 1.98. The van der Waals surface area contributed by atoms with Crippen LogP contribution in [-0.2, 0) is 0 Å². The summed E-state index contributed by atoms with van der Waals surface area (Å²) >= 11 is 3.40. The predicted octanol–water partition coefficient (Wildman–Crippen LogP) is 4.21. The molecule has 5 heteroatoms. The summed E-state index contributed by atoms with van der Waals surface area (Å²) < 4.78 is 24.8. The number of halogens is 2. The van der Waals surface area contributed by atoms with E-state index in [0.717, 1.165) is 10.0 Å². The first-order valence-corrected chi connectivity index (χ1v) is 7.00. The lowest BCUT2D eigenvalue weighted by atomic mass is 10.1. The smallest absolute Gasteiger partial charge is 0.231 e. The van der Waals surface area contributed by atoms with Crippen LogP contribution in [-0.4, -0.2) is 12.6 Å². The van der Waals surface area contributed by atoms with E-state index < -0.39 is 11.6 Å². The molecule has 0 aromatic heterocycles. The van der Waals surface area contributed by atoms with Gasteiger partial charge in [0.05, 0.1) is 5.56 Å². The Bertz CT molecular complexity index is 740. The van der Waals surface area contributed by atoms with Crippen LogP contribution >= 0.6 is 15.9 Å². The topological polar surface area (TPSA) is 35.5 Å². The molecule has 21 heavy (non-hydrogen) atoms. The Balaban J connectivity index is 1.87. The molecule has 3 rings (SSSR count). The highest BCUT2D eigenvalue weighted by atomic mass is 79.9. The van der Waals surface area contributed by atoms with Crippen molar-refractivity contribution in [3.05, 3.63) is 63.9 Å². The highest BCUT2D eigenvalue weighted by Gasteiger charge is 2.15. The molecule has 0 fully saturated rings. The minimum Gasteiger partial charge on any atom is -0.454 e. The number of carbonyl (C=O) groups is 1. The van der Waals surface area contributed by atoms with Crippen LogP contribution in [0.15, 0.2) is 46.9 Å². The fraction of sp³-hybridized carbons (Fsp3) is 0.0625. The molecular weight excluding hydrogens is 339 g/mol. The molecule has 1 aliphatic rings. The molecule has 0 saturated carbocycles. The molecule has 0 atom stereocenters. The molecule has 0 aliphatic carbocycles. The molecule has 1 heterocycles. The Hall–Kier alpha value is -2.14. The number of hydrogen-bond donors (Lipinski definition) is 0. The first-order valence-electron chi connectivity index (χ1n) is 6.21. The molecular formula is C16H10BrFO3. The van der Waals surface area contributed by atoms with Crippen molar-refractivity contribution in [1.82, 2.24) is 0 Å². The second kappa shape index (κ2) is 5.69. The van der Waals surface area contributed by atoms with E-state index in [2.05, 4.69) is 15.9 Å². The van der Waals surface area contributed by atoms with Gasteiger partial charge < -0.3 is 9.47 Å². The van der Waals surface area contributed by atoms with E-state index in [1.54, 1.807) is 30.3 Å². The number of ether oxygens (including phenoxy) is 2. The minimum absolute atomic E-state index is 0.0469. The molecule has 0 unspecified atom stereocenters. The zero-order valence-electron chi connectivity index (χ0n) is 10.8. The van der Waals surface area contributed by atoms with Crippen molar-refractivity contribution in [2.45, 2.75) is 0 Å². The average Bonchev–Trinajstić information content (AvgIpc) is 2.92. The van der Waals surface area contributed by atoms with Gasteiger partial charge in [0, 0.05) is 4.47 Å². The van der Waals surface area contributed by atoms with Crippen LogP contribution < -0.4 is 9.47 Å². The number of rotatable bonds is 3. The van der Waals surface area contributed by atoms with Crippen LogP contribution in [0.25, 0.3) is 6.08 Å². The number of benzene rings is 2. The van der Waals surface area contributed by atoms with Crippen LogP contribution in [0.1, 0.15) is 15.9 Å². The number of hydrogen-bond acceptors (Lipinski definition) is 3. The van der Waals surface area contributed by atoms with E-state index in [4.69, 9.17) is 9.47 Å². The number of carbonyl (C=O) groups excluding carboxylic acids is 1. The van der Waals surface area contributed by atoms with Crippen molar-refractivity contribution in [1.29, 1.82) is 0 Å². The van der Waals surface area contributed by atoms with Crippen LogP contribution in [0.5, 0.6) is 11.5 Å². The fourth-order valence-corrected chi connectivity index (χ4v) is 2.43. The van der Waals surface area contributed by atoms with Gasteiger partial charge in [-0.15, -0.1) is 0 Å². The maximum Gasteiger partial charge on any atom is 0.231 e. The molecule has 0 saturated heterocycles. The Morgan fingerprint density at radius 1 is 1.19 bits per heavy atom. The van der Waals surface area contributed by atoms with Crippen LogP contribution in [0, 0.1) is 5.82 Å². The van der Waals surface area contributed by atoms with Gasteiger partial charge in [-0.25, -0.2) is 4.39 Å². The Kier molecular flexibility index (Phi) is 3.75. The van der Waals surface area contributed by atoms with Gasteiger partial charge in [-0.3, -0.25) is 4.79 Å². The van der Waals surface area contributed by atoms with Gasteiger partial charge in [0.25, 0.3) is 0 Å². The van der Waals surface area contributed by atoms with Crippen molar-refractivity contribution in [3.8, 4) is 11.5 Å². The monoisotopic (exact) mass is 348 g/mol. The zero-order chi connectivity index (χ0) is 14.8. The third-order valence-electron chi connectivity index (χ3n) is 3.05. The molecule has 2 aromatic rings. The van der Waals surface area contributed by atoms with Gasteiger partial charge in [-0.1, -0.05) is 28.1 Å². The van der Waals surface area contributed by atoms with E-state index in [-0.39, 0.29) is 12.4 Å². The first-order chi connectivity index (χ1) is 10.1. The molecule has 3 nitrogen and oxygen atoms in total. The summed E-state index contributed by atoms with van der Waals surface area (Å²) in [6, 6.07) is 9.42. The highest BCUT2D eigenvalue weighted by molar-refractivity contribution is 9.10. The SMILES string of the molecule is O=C(/C=C/c1cc2c(cc1Br)OCO2)c1ccccc1F. The third-order valence-corrected chi connectivity index (χ3v) is 3.73. The lowest BCUT2D eigenvalue weighted by Gasteiger charge is -2.02. The summed E-state index contributed by atoms with van der Waals surface area (Å²) in [5, 5.41) is 0. The van der Waals surface area contributed by atoms with Gasteiger partial charge >= 0.3 is 0 Å². The van der Waals surface area contributed by atoms with E-state index in [1.807, 2.05) is 0 Å². The van der Waals surface area contributed by atoms with Crippen LogP contribution in [0.2, 0.25) is 0 Å². The summed E-state index contributed by atoms with van der Waals surface area (Å²) in [6.07, 6.45) is 2.95. The normalized spacial score (nSPS) is 12.9. The molecule has 0 spiro atoms. The predicted molar refractivity (Wildman–Crippen MR) is 80.0 cm³/mol. The molecule has 0 N–H and O–H groups in total. The van der Waals surface area contributed by atoms with Crippen molar-refractivity contribution in [2.75, 3.05) is 6.79 Å². The van der Waals surface area contributed by atoms with E-state index in [1.165, 1.54) is 18.2 Å². The lowest BCUT2D eigenvalue weighted by Crippen LogP contribution is -1.97. The van der Waals surface area contributed by atoms with E-state index in [9.17, 15) is 9.18 Å². The van der Waals surface area contributed by atoms with E-state index >= 15 is 0 Å². The first kappa shape index (κ1) is 13.8. The van der Waals surface area contributed by atoms with Crippen molar-refractivity contribution < 1.29 is 18.7 Å². The summed E-state index contributed by atoms with van der Waals surface area (Å²) in [5.74, 6) is 0.352. The molecule has 0 amide bonds. The van der Waals surface area contributed by atoms with Crippen molar-refractivity contribution >= 4 is 27.8 Å². The number of fused-ring (bicyclic) bond motifs is 1. The van der Waals surface area contributed by atoms with Crippen molar-refractivity contribution in [3.63, 3.8) is 0 Å². The molecule has 1 aliphatic heterocycles. The van der Waals surface area contributed by atoms with Crippen LogP contribution in [0.3, 0.4) is 0 Å². The minimum atomic E-state index is -0.531. The Labute approximate surface area is 129 Å². The zero-order valence-corrected chi connectivity index (χ0v) is 12.4. The van der Waals surface area contributed by atoms with Gasteiger partial charge in [-0.2, -0.15) is 0 Å². The summed E-state index contributed by atoms with van der Waals surface area (Å²) in [4.78, 5) is 12.0. The quantitative estimate of drug-likeness (QED) is 0.615. The summed E-state index contributed by atoms with van der Waals surface area (Å²) in [7, 11) is 0. The average molecular weight is 349 g/mol. The molecule has 106 valence electrons. The van der Waals surface area contributed by atoms with E-state index in [0.29, 0.717) is 11.5 Å². The highest BCUT2D eigenvalue weighted by Crippen LogP contribution is 2.37. The second-order valence-corrected chi connectivity index (χ2v) is 5.26. The number of ketones is 1. The molecule has 2 aromatic carbocycles. The maximum absolute atomic E-state index is 13.5. The summed E-state index contributed by atoms with van der Waals surface area (Å²) in [6.45, 7) is 0.184. The van der Waals surface area contributed by atoms with Gasteiger partial charge in [0.15, 0.2) is 17.3 Å². The van der Waals surface area contributed by atoms with Crippen molar-refractivity contribution in [2.24, 2.45) is 0 Å². The largest absolute Gasteiger partial charge is 0.454 e. The summed E-state index contributed by atoms with van der Waals surface area (Å²) in [5.41, 5.74) is 0.801. The third kappa shape index (κ3) is 2.83. The number of allylic oxidation sites excluding steroid dienone is 1. The standard InChI is InChI=1S/C16H10BrFO3/c17-12-8-16-15(20-9-21-16)7-10(12)5-6-14(19)11-3-1-2-4-13(11)18/h1-8H,9H2/b6-5+. The Morgan fingerprint density at radius 2 is 1.90 bits per heavy atom.